The van der Waals surface area contributed by atoms with Crippen LogP contribution in [0, 0.1) is 0 Å². The smallest absolute Gasteiger partial charge is 0.228 e. The minimum absolute atomic E-state index is 0.133. The fraction of sp³-hybridized carbons (Fsp3) is 0.111. The molecular formula is C27H19N5O3S2. The van der Waals surface area contributed by atoms with E-state index >= 15 is 0 Å². The summed E-state index contributed by atoms with van der Waals surface area (Å²) in [5.74, 6) is 2.97. The molecule has 10 heteroatoms. The molecule has 0 aliphatic carbocycles. The van der Waals surface area contributed by atoms with Crippen molar-refractivity contribution in [3.63, 3.8) is 0 Å². The van der Waals surface area contributed by atoms with Crippen LogP contribution in [-0.4, -0.2) is 36.8 Å². The molecule has 8 nitrogen and oxygen atoms in total. The van der Waals surface area contributed by atoms with Crippen LogP contribution in [-0.2, 0) is 5.75 Å². The Hall–Kier alpha value is -4.15. The second kappa shape index (κ2) is 8.75. The number of hydrogen-bond acceptors (Lipinski definition) is 9. The summed E-state index contributed by atoms with van der Waals surface area (Å²) in [6.45, 7) is 0. The van der Waals surface area contributed by atoms with E-state index in [0.717, 1.165) is 37.0 Å². The van der Waals surface area contributed by atoms with Gasteiger partial charge in [0.1, 0.15) is 23.6 Å². The number of thiazole rings is 1. The minimum Gasteiger partial charge on any atom is -0.508 e. The lowest BCUT2D eigenvalue weighted by molar-refractivity contribution is 0.414. The van der Waals surface area contributed by atoms with Crippen molar-refractivity contribution in [2.24, 2.45) is 0 Å². The summed E-state index contributed by atoms with van der Waals surface area (Å²) < 4.78 is 15.4. The number of benzene rings is 3. The van der Waals surface area contributed by atoms with Crippen molar-refractivity contribution in [3.8, 4) is 23.1 Å². The lowest BCUT2D eigenvalue weighted by Crippen LogP contribution is -2.15. The van der Waals surface area contributed by atoms with Crippen molar-refractivity contribution in [1.82, 2.24) is 24.6 Å². The van der Waals surface area contributed by atoms with Gasteiger partial charge in [-0.1, -0.05) is 42.1 Å². The Bertz CT molecular complexity index is 1750. The van der Waals surface area contributed by atoms with Crippen molar-refractivity contribution in [1.29, 1.82) is 0 Å². The van der Waals surface area contributed by atoms with Crippen LogP contribution in [0.4, 0.5) is 0 Å². The van der Waals surface area contributed by atoms with Gasteiger partial charge in [0, 0.05) is 17.5 Å². The van der Waals surface area contributed by atoms with Crippen molar-refractivity contribution in [2.75, 3.05) is 7.11 Å². The highest BCUT2D eigenvalue weighted by Crippen LogP contribution is 2.48. The number of fused-ring (bicyclic) bond motifs is 5. The van der Waals surface area contributed by atoms with Crippen LogP contribution in [0.3, 0.4) is 0 Å². The summed E-state index contributed by atoms with van der Waals surface area (Å²) in [5.41, 5.74) is 4.46. The van der Waals surface area contributed by atoms with Crippen molar-refractivity contribution >= 4 is 39.0 Å². The van der Waals surface area contributed by atoms with Gasteiger partial charge in [0.05, 0.1) is 28.6 Å². The van der Waals surface area contributed by atoms with Gasteiger partial charge in [-0.3, -0.25) is 0 Å². The zero-order chi connectivity index (χ0) is 24.9. The molecule has 0 saturated heterocycles. The third-order valence-electron chi connectivity index (χ3n) is 6.28. The molecule has 0 fully saturated rings. The molecule has 1 N–H and O–H groups in total. The van der Waals surface area contributed by atoms with Crippen LogP contribution < -0.4 is 9.47 Å². The van der Waals surface area contributed by atoms with E-state index in [-0.39, 0.29) is 11.7 Å². The average Bonchev–Trinajstić information content (AvgIpc) is 3.54. The number of nitrogens with zero attached hydrogens (tertiary/aromatic N) is 5. The van der Waals surface area contributed by atoms with E-state index in [9.17, 15) is 5.11 Å². The van der Waals surface area contributed by atoms with Crippen molar-refractivity contribution in [2.45, 2.75) is 16.0 Å². The van der Waals surface area contributed by atoms with E-state index in [1.165, 1.54) is 0 Å². The number of thioether (sulfide) groups is 1. The van der Waals surface area contributed by atoms with Crippen LogP contribution in [0.25, 0.3) is 15.9 Å². The molecule has 1 aliphatic rings. The first-order valence-corrected chi connectivity index (χ1v) is 13.3. The Kier molecular flexibility index (Phi) is 5.22. The van der Waals surface area contributed by atoms with Gasteiger partial charge < -0.3 is 14.6 Å². The number of ether oxygens (including phenoxy) is 2. The van der Waals surface area contributed by atoms with Crippen molar-refractivity contribution in [3.05, 3.63) is 95.6 Å². The Labute approximate surface area is 219 Å². The molecule has 3 aromatic heterocycles. The lowest BCUT2D eigenvalue weighted by atomic mass is 9.84. The average molecular weight is 526 g/mol. The number of phenols is 1. The first-order chi connectivity index (χ1) is 18.2. The first kappa shape index (κ1) is 22.1. The predicted molar refractivity (Wildman–Crippen MR) is 142 cm³/mol. The molecule has 0 radical (unpaired) electrons. The summed E-state index contributed by atoms with van der Waals surface area (Å²) in [6.07, 6.45) is 1.62. The van der Waals surface area contributed by atoms with Gasteiger partial charge in [0.25, 0.3) is 0 Å². The second-order valence-corrected chi connectivity index (χ2v) is 10.8. The standard InChI is InChI=1S/C27H19N5O3S2/c1-34-17-9-6-15(7-10-17)23-18-11-8-16(33)12-20(18)35-26-24(23)25-30-22(31-32(25)14-28-26)13-36-27-29-19-4-2-3-5-21(19)37-27/h2-12,14,23,33H,13H2,1H3/t23-/m0/s1. The molecular weight excluding hydrogens is 506 g/mol. The molecule has 0 spiro atoms. The quantitative estimate of drug-likeness (QED) is 0.272. The van der Waals surface area contributed by atoms with E-state index in [0.29, 0.717) is 28.9 Å². The fourth-order valence-electron chi connectivity index (χ4n) is 4.59. The number of aromatic hydroxyl groups is 1. The molecule has 3 aromatic carbocycles. The highest BCUT2D eigenvalue weighted by Gasteiger charge is 2.33. The maximum atomic E-state index is 10.1. The summed E-state index contributed by atoms with van der Waals surface area (Å²) in [6, 6.07) is 21.2. The second-order valence-electron chi connectivity index (χ2n) is 8.53. The van der Waals surface area contributed by atoms with Crippen LogP contribution in [0.2, 0.25) is 0 Å². The summed E-state index contributed by atoms with van der Waals surface area (Å²) >= 11 is 3.29. The Morgan fingerprint density at radius 1 is 1.08 bits per heavy atom. The van der Waals surface area contributed by atoms with Gasteiger partial charge in [-0.25, -0.2) is 19.5 Å². The first-order valence-electron chi connectivity index (χ1n) is 11.5. The van der Waals surface area contributed by atoms with E-state index in [1.54, 1.807) is 53.2 Å². The molecule has 1 aliphatic heterocycles. The largest absolute Gasteiger partial charge is 0.508 e. The summed E-state index contributed by atoms with van der Waals surface area (Å²) in [4.78, 5) is 14.2. The van der Waals surface area contributed by atoms with E-state index in [1.807, 2.05) is 48.5 Å². The summed E-state index contributed by atoms with van der Waals surface area (Å²) in [7, 11) is 1.65. The van der Waals surface area contributed by atoms with Gasteiger partial charge in [0.2, 0.25) is 5.88 Å². The Morgan fingerprint density at radius 3 is 2.78 bits per heavy atom. The number of phenolic OH excluding ortho intramolecular Hbond substituents is 1. The molecule has 182 valence electrons. The third kappa shape index (κ3) is 3.85. The number of aromatic nitrogens is 5. The molecule has 0 saturated carbocycles. The Balaban J connectivity index is 1.30. The van der Waals surface area contributed by atoms with E-state index in [2.05, 4.69) is 11.1 Å². The highest BCUT2D eigenvalue weighted by molar-refractivity contribution is 8.00. The molecule has 1 atom stereocenters. The van der Waals surface area contributed by atoms with Crippen molar-refractivity contribution < 1.29 is 14.6 Å². The monoisotopic (exact) mass is 525 g/mol. The van der Waals surface area contributed by atoms with E-state index in [4.69, 9.17) is 24.5 Å². The molecule has 0 bridgehead atoms. The fourth-order valence-corrected chi connectivity index (χ4v) is 6.51. The third-order valence-corrected chi connectivity index (χ3v) is 8.46. The Morgan fingerprint density at radius 2 is 1.95 bits per heavy atom. The topological polar surface area (TPSA) is 94.7 Å². The molecule has 0 amide bonds. The lowest BCUT2D eigenvalue weighted by Gasteiger charge is -2.28. The summed E-state index contributed by atoms with van der Waals surface area (Å²) in [5, 5.41) is 14.8. The van der Waals surface area contributed by atoms with Gasteiger partial charge >= 0.3 is 0 Å². The predicted octanol–water partition coefficient (Wildman–Crippen LogP) is 6.03. The number of methoxy groups -OCH3 is 1. The zero-order valence-corrected chi connectivity index (χ0v) is 21.2. The number of rotatable bonds is 5. The molecule has 6 aromatic rings. The maximum absolute atomic E-state index is 10.1. The van der Waals surface area contributed by atoms with Gasteiger partial charge in [-0.2, -0.15) is 0 Å². The normalized spacial score (nSPS) is 14.4. The number of para-hydroxylation sites is 1. The molecule has 0 unspecified atom stereocenters. The highest BCUT2D eigenvalue weighted by atomic mass is 32.2. The molecule has 4 heterocycles. The van der Waals surface area contributed by atoms with Crippen LogP contribution >= 0.6 is 23.1 Å². The van der Waals surface area contributed by atoms with Crippen LogP contribution in [0.1, 0.15) is 28.4 Å². The molecule has 7 rings (SSSR count). The minimum atomic E-state index is -0.213. The molecule has 37 heavy (non-hydrogen) atoms. The van der Waals surface area contributed by atoms with Gasteiger partial charge in [-0.05, 0) is 35.9 Å². The van der Waals surface area contributed by atoms with Crippen LogP contribution in [0.15, 0.2) is 77.4 Å². The zero-order valence-electron chi connectivity index (χ0n) is 19.5. The van der Waals surface area contributed by atoms with E-state index < -0.39 is 0 Å². The van der Waals surface area contributed by atoms with Gasteiger partial charge in [0.15, 0.2) is 15.8 Å². The SMILES string of the molecule is COc1ccc([C@H]2c3ccc(O)cc3Oc3ncn4nc(CSc5nc6ccccc6s5)nc4c32)cc1. The van der Waals surface area contributed by atoms with Gasteiger partial charge in [-0.15, -0.1) is 16.4 Å². The maximum Gasteiger partial charge on any atom is 0.228 e. The number of hydrogen-bond donors (Lipinski definition) is 1. The van der Waals surface area contributed by atoms with Crippen LogP contribution in [0.5, 0.6) is 23.1 Å².